The van der Waals surface area contributed by atoms with E-state index in [4.69, 9.17) is 10.3 Å². The molecule has 1 aromatic carbocycles. The third kappa shape index (κ3) is 2.22. The van der Waals surface area contributed by atoms with Gasteiger partial charge in [0.05, 0.1) is 16.6 Å². The smallest absolute Gasteiger partial charge is 0.259 e. The molecule has 0 fully saturated rings. The van der Waals surface area contributed by atoms with Crippen LogP contribution in [0.15, 0.2) is 35.0 Å². The lowest BCUT2D eigenvalue weighted by atomic mass is 9.99. The van der Waals surface area contributed by atoms with Gasteiger partial charge in [-0.25, -0.2) is 4.98 Å². The van der Waals surface area contributed by atoms with E-state index < -0.39 is 0 Å². The molecular weight excluding hydrogens is 304 g/mol. The second kappa shape index (κ2) is 5.63. The summed E-state index contributed by atoms with van der Waals surface area (Å²) in [5, 5.41) is 4.79. The number of carbonyl (C=O) groups excluding carboxylic acids is 1. The Morgan fingerprint density at radius 1 is 1.42 bits per heavy atom. The van der Waals surface area contributed by atoms with Gasteiger partial charge in [-0.15, -0.1) is 0 Å². The Balaban J connectivity index is 1.76. The SMILES string of the molecule is CCc1noc2ncc(C(=O)N3CCCc4c(N)cccc43)cc12. The lowest BCUT2D eigenvalue weighted by molar-refractivity contribution is 0.0985. The fourth-order valence-electron chi connectivity index (χ4n) is 3.27. The summed E-state index contributed by atoms with van der Waals surface area (Å²) in [6.45, 7) is 2.67. The molecule has 0 bridgehead atoms. The summed E-state index contributed by atoms with van der Waals surface area (Å²) in [6.07, 6.45) is 4.08. The van der Waals surface area contributed by atoms with Gasteiger partial charge in [-0.3, -0.25) is 4.79 Å². The van der Waals surface area contributed by atoms with E-state index in [0.29, 0.717) is 17.8 Å². The monoisotopic (exact) mass is 322 g/mol. The van der Waals surface area contributed by atoms with Gasteiger partial charge < -0.3 is 15.2 Å². The number of fused-ring (bicyclic) bond motifs is 2. The van der Waals surface area contributed by atoms with Crippen molar-refractivity contribution in [3.63, 3.8) is 0 Å². The van der Waals surface area contributed by atoms with Crippen LogP contribution >= 0.6 is 0 Å². The molecule has 0 aliphatic carbocycles. The lowest BCUT2D eigenvalue weighted by Gasteiger charge is -2.30. The second-order valence-electron chi connectivity index (χ2n) is 5.96. The van der Waals surface area contributed by atoms with E-state index >= 15 is 0 Å². The number of pyridine rings is 1. The molecule has 2 aromatic heterocycles. The number of aromatic nitrogens is 2. The molecule has 3 heterocycles. The molecule has 1 aliphatic heterocycles. The van der Waals surface area contributed by atoms with Gasteiger partial charge in [-0.2, -0.15) is 0 Å². The fourth-order valence-corrected chi connectivity index (χ4v) is 3.27. The van der Waals surface area contributed by atoms with Crippen molar-refractivity contribution < 1.29 is 9.32 Å². The molecule has 6 heteroatoms. The minimum absolute atomic E-state index is 0.0702. The molecule has 0 saturated heterocycles. The standard InChI is InChI=1S/C18H18N4O2/c1-2-15-13-9-11(10-20-17(13)24-21-15)18(23)22-8-4-5-12-14(19)6-3-7-16(12)22/h3,6-7,9-10H,2,4-5,8,19H2,1H3. The zero-order valence-electron chi connectivity index (χ0n) is 13.5. The third-order valence-corrected chi connectivity index (χ3v) is 4.52. The first-order valence-electron chi connectivity index (χ1n) is 8.12. The first-order chi connectivity index (χ1) is 11.7. The van der Waals surface area contributed by atoms with Crippen molar-refractivity contribution in [3.8, 4) is 0 Å². The molecular formula is C18H18N4O2. The van der Waals surface area contributed by atoms with Crippen LogP contribution in [0, 0.1) is 0 Å². The summed E-state index contributed by atoms with van der Waals surface area (Å²) in [5.74, 6) is -0.0702. The maximum Gasteiger partial charge on any atom is 0.259 e. The number of anilines is 2. The van der Waals surface area contributed by atoms with E-state index in [1.807, 2.05) is 31.2 Å². The highest BCUT2D eigenvalue weighted by molar-refractivity contribution is 6.08. The van der Waals surface area contributed by atoms with Crippen LogP contribution in [0.3, 0.4) is 0 Å². The number of amides is 1. The van der Waals surface area contributed by atoms with Crippen molar-refractivity contribution in [2.45, 2.75) is 26.2 Å². The van der Waals surface area contributed by atoms with Crippen LogP contribution in [0.25, 0.3) is 11.1 Å². The number of nitrogen functional groups attached to an aromatic ring is 1. The predicted octanol–water partition coefficient (Wildman–Crippen LogP) is 2.96. The third-order valence-electron chi connectivity index (χ3n) is 4.52. The maximum atomic E-state index is 13.0. The van der Waals surface area contributed by atoms with Gasteiger partial charge in [0.25, 0.3) is 11.6 Å². The van der Waals surface area contributed by atoms with Crippen molar-refractivity contribution in [1.29, 1.82) is 0 Å². The summed E-state index contributed by atoms with van der Waals surface area (Å²) in [7, 11) is 0. The number of carbonyl (C=O) groups is 1. The molecule has 1 aliphatic rings. The van der Waals surface area contributed by atoms with Gasteiger partial charge in [0, 0.05) is 24.1 Å². The van der Waals surface area contributed by atoms with Gasteiger partial charge in [0.15, 0.2) is 0 Å². The largest absolute Gasteiger partial charge is 0.398 e. The second-order valence-corrected chi connectivity index (χ2v) is 5.96. The quantitative estimate of drug-likeness (QED) is 0.733. The molecule has 0 unspecified atom stereocenters. The highest BCUT2D eigenvalue weighted by atomic mass is 16.5. The normalized spacial score (nSPS) is 14.0. The molecule has 0 atom stereocenters. The van der Waals surface area contributed by atoms with E-state index in [2.05, 4.69) is 10.1 Å². The Morgan fingerprint density at radius 2 is 2.29 bits per heavy atom. The van der Waals surface area contributed by atoms with Gasteiger partial charge in [-0.1, -0.05) is 18.1 Å². The van der Waals surface area contributed by atoms with Crippen LogP contribution in [-0.4, -0.2) is 22.6 Å². The summed E-state index contributed by atoms with van der Waals surface area (Å²) < 4.78 is 5.19. The van der Waals surface area contributed by atoms with Crippen LogP contribution < -0.4 is 10.6 Å². The summed E-state index contributed by atoms with van der Waals surface area (Å²) in [6, 6.07) is 7.54. The molecule has 4 rings (SSSR count). The van der Waals surface area contributed by atoms with Gasteiger partial charge >= 0.3 is 0 Å². The maximum absolute atomic E-state index is 13.0. The van der Waals surface area contributed by atoms with Crippen molar-refractivity contribution in [2.24, 2.45) is 0 Å². The lowest BCUT2D eigenvalue weighted by Crippen LogP contribution is -2.35. The topological polar surface area (TPSA) is 85.2 Å². The summed E-state index contributed by atoms with van der Waals surface area (Å²) in [5.41, 5.74) is 10.6. The molecule has 0 radical (unpaired) electrons. The van der Waals surface area contributed by atoms with E-state index in [0.717, 1.165) is 47.3 Å². The summed E-state index contributed by atoms with van der Waals surface area (Å²) in [4.78, 5) is 19.1. The first kappa shape index (κ1) is 14.7. The number of hydrogen-bond donors (Lipinski definition) is 1. The zero-order chi connectivity index (χ0) is 16.7. The Morgan fingerprint density at radius 3 is 3.12 bits per heavy atom. The Bertz CT molecular complexity index is 932. The van der Waals surface area contributed by atoms with E-state index in [1.165, 1.54) is 0 Å². The Hall–Kier alpha value is -2.89. The number of benzene rings is 1. The highest BCUT2D eigenvalue weighted by Crippen LogP contribution is 2.32. The Kier molecular flexibility index (Phi) is 3.45. The van der Waals surface area contributed by atoms with Crippen molar-refractivity contribution in [2.75, 3.05) is 17.2 Å². The number of hydrogen-bond acceptors (Lipinski definition) is 5. The van der Waals surface area contributed by atoms with Crippen molar-refractivity contribution in [3.05, 3.63) is 47.3 Å². The van der Waals surface area contributed by atoms with Crippen LogP contribution in [0.4, 0.5) is 11.4 Å². The number of nitrogens with zero attached hydrogens (tertiary/aromatic N) is 3. The van der Waals surface area contributed by atoms with Gasteiger partial charge in [-0.05, 0) is 43.0 Å². The molecule has 122 valence electrons. The zero-order valence-corrected chi connectivity index (χ0v) is 13.5. The molecule has 0 spiro atoms. The minimum Gasteiger partial charge on any atom is -0.398 e. The number of nitrogens with two attached hydrogens (primary N) is 1. The average molecular weight is 322 g/mol. The highest BCUT2D eigenvalue weighted by Gasteiger charge is 2.25. The molecule has 2 N–H and O–H groups in total. The molecule has 1 amide bonds. The van der Waals surface area contributed by atoms with Crippen LogP contribution in [0.2, 0.25) is 0 Å². The predicted molar refractivity (Wildman–Crippen MR) is 92.0 cm³/mol. The van der Waals surface area contributed by atoms with Crippen molar-refractivity contribution in [1.82, 2.24) is 10.1 Å². The van der Waals surface area contributed by atoms with Crippen LogP contribution in [0.1, 0.15) is 35.0 Å². The van der Waals surface area contributed by atoms with Crippen LogP contribution in [-0.2, 0) is 12.8 Å². The van der Waals surface area contributed by atoms with Crippen LogP contribution in [0.5, 0.6) is 0 Å². The van der Waals surface area contributed by atoms with Gasteiger partial charge in [0.1, 0.15) is 0 Å². The van der Waals surface area contributed by atoms with Gasteiger partial charge in [0.2, 0.25) is 0 Å². The summed E-state index contributed by atoms with van der Waals surface area (Å²) >= 11 is 0. The number of rotatable bonds is 2. The Labute approximate surface area is 139 Å². The first-order valence-corrected chi connectivity index (χ1v) is 8.12. The van der Waals surface area contributed by atoms with E-state index in [9.17, 15) is 4.79 Å². The average Bonchev–Trinajstić information content (AvgIpc) is 3.03. The van der Waals surface area contributed by atoms with E-state index in [-0.39, 0.29) is 5.91 Å². The van der Waals surface area contributed by atoms with E-state index in [1.54, 1.807) is 11.1 Å². The molecule has 24 heavy (non-hydrogen) atoms. The molecule has 6 nitrogen and oxygen atoms in total. The van der Waals surface area contributed by atoms with Crippen molar-refractivity contribution >= 4 is 28.4 Å². The molecule has 0 saturated carbocycles. The minimum atomic E-state index is -0.0702. The molecule has 3 aromatic rings. The number of aryl methyl sites for hydroxylation is 1. The fraction of sp³-hybridized carbons (Fsp3) is 0.278.